The molecule has 11 heteroatoms. The summed E-state index contributed by atoms with van der Waals surface area (Å²) in [7, 11) is 3.07. The van der Waals surface area contributed by atoms with Crippen LogP contribution in [0.1, 0.15) is 32.8 Å². The Hall–Kier alpha value is -4.02. The van der Waals surface area contributed by atoms with Crippen molar-refractivity contribution >= 4 is 11.8 Å². The Morgan fingerprint density at radius 3 is 2.41 bits per heavy atom. The number of benzene rings is 2. The first-order valence-corrected chi connectivity index (χ1v) is 12.0. The maximum absolute atomic E-state index is 13.4. The van der Waals surface area contributed by atoms with Crippen molar-refractivity contribution in [3.05, 3.63) is 53.8 Å². The molecule has 0 aliphatic heterocycles. The van der Waals surface area contributed by atoms with Gasteiger partial charge in [0.1, 0.15) is 18.4 Å². The predicted molar refractivity (Wildman–Crippen MR) is 135 cm³/mol. The van der Waals surface area contributed by atoms with Crippen molar-refractivity contribution < 1.29 is 23.5 Å². The Kier molecular flexibility index (Phi) is 9.53. The lowest BCUT2D eigenvalue weighted by Gasteiger charge is -2.28. The fourth-order valence-electron chi connectivity index (χ4n) is 3.61. The summed E-state index contributed by atoms with van der Waals surface area (Å²) >= 11 is 0. The Bertz CT molecular complexity index is 1200. The topological polar surface area (TPSA) is 111 Å². The predicted octanol–water partition coefficient (Wildman–Crippen LogP) is 3.08. The van der Waals surface area contributed by atoms with Gasteiger partial charge in [-0.2, -0.15) is 4.80 Å². The minimum atomic E-state index is -0.765. The second-order valence-corrected chi connectivity index (χ2v) is 9.01. The maximum atomic E-state index is 13.4. The van der Waals surface area contributed by atoms with E-state index in [2.05, 4.69) is 34.6 Å². The summed E-state index contributed by atoms with van der Waals surface area (Å²) < 4.78 is 24.0. The normalized spacial score (nSPS) is 11.8. The SMILES string of the molecule is COc1ccc(-c2nnn(CC(=O)N(Cc3ccc(F)cc3)C(C)C(=O)NCCC(C)C)n2)cc1OC. The molecule has 0 radical (unpaired) electrons. The number of nitrogens with zero attached hydrogens (tertiary/aromatic N) is 5. The number of carbonyl (C=O) groups is 2. The second-order valence-electron chi connectivity index (χ2n) is 9.01. The molecule has 2 amide bonds. The molecule has 2 aromatic carbocycles. The minimum absolute atomic E-state index is 0.120. The van der Waals surface area contributed by atoms with Gasteiger partial charge in [-0.15, -0.1) is 10.2 Å². The lowest BCUT2D eigenvalue weighted by atomic mass is 10.1. The molecule has 37 heavy (non-hydrogen) atoms. The molecule has 1 N–H and O–H groups in total. The molecule has 0 saturated carbocycles. The van der Waals surface area contributed by atoms with Gasteiger partial charge < -0.3 is 19.7 Å². The van der Waals surface area contributed by atoms with Crippen LogP contribution in [0.4, 0.5) is 4.39 Å². The standard InChI is InChI=1S/C26H33FN6O4/c1-17(2)12-13-28-26(35)18(3)32(15-19-6-9-21(27)10-7-19)24(34)16-33-30-25(29-31-33)20-8-11-22(36-4)23(14-20)37-5/h6-11,14,17-18H,12-13,15-16H2,1-5H3,(H,28,35). The summed E-state index contributed by atoms with van der Waals surface area (Å²) in [5, 5.41) is 15.3. The quantitative estimate of drug-likeness (QED) is 0.397. The Morgan fingerprint density at radius 2 is 1.76 bits per heavy atom. The van der Waals surface area contributed by atoms with Gasteiger partial charge in [-0.1, -0.05) is 26.0 Å². The van der Waals surface area contributed by atoms with Gasteiger partial charge in [-0.05, 0) is 60.4 Å². The maximum Gasteiger partial charge on any atom is 0.247 e. The number of rotatable bonds is 12. The third-order valence-corrected chi connectivity index (χ3v) is 5.83. The molecule has 1 heterocycles. The molecule has 3 rings (SSSR count). The first kappa shape index (κ1) is 27.6. The van der Waals surface area contributed by atoms with E-state index in [9.17, 15) is 14.0 Å². The zero-order valence-corrected chi connectivity index (χ0v) is 21.8. The third kappa shape index (κ3) is 7.48. The summed E-state index contributed by atoms with van der Waals surface area (Å²) in [5.74, 6) is 0.779. The van der Waals surface area contributed by atoms with Crippen LogP contribution in [0.5, 0.6) is 11.5 Å². The molecule has 3 aromatic rings. The second kappa shape index (κ2) is 12.8. The van der Waals surface area contributed by atoms with Crippen LogP contribution in [0.25, 0.3) is 11.4 Å². The largest absolute Gasteiger partial charge is 0.493 e. The number of amides is 2. The van der Waals surface area contributed by atoms with Crippen LogP contribution in [0, 0.1) is 11.7 Å². The molecule has 0 fully saturated rings. The van der Waals surface area contributed by atoms with E-state index in [1.165, 1.54) is 28.9 Å². The smallest absolute Gasteiger partial charge is 0.247 e. The molecule has 0 aliphatic carbocycles. The molecule has 0 saturated heterocycles. The number of hydrogen-bond donors (Lipinski definition) is 1. The molecule has 198 valence electrons. The van der Waals surface area contributed by atoms with Crippen LogP contribution >= 0.6 is 0 Å². The molecule has 0 spiro atoms. The van der Waals surface area contributed by atoms with Crippen LogP contribution < -0.4 is 14.8 Å². The zero-order valence-electron chi connectivity index (χ0n) is 21.8. The number of carbonyl (C=O) groups excluding carboxylic acids is 2. The number of methoxy groups -OCH3 is 2. The van der Waals surface area contributed by atoms with Gasteiger partial charge >= 0.3 is 0 Å². The van der Waals surface area contributed by atoms with Crippen LogP contribution in [0.2, 0.25) is 0 Å². The van der Waals surface area contributed by atoms with Gasteiger partial charge in [-0.3, -0.25) is 9.59 Å². The van der Waals surface area contributed by atoms with E-state index < -0.39 is 6.04 Å². The Morgan fingerprint density at radius 1 is 1.05 bits per heavy atom. The summed E-state index contributed by atoms with van der Waals surface area (Å²) in [6.07, 6.45) is 0.826. The van der Waals surface area contributed by atoms with Crippen LogP contribution in [-0.2, 0) is 22.7 Å². The molecular formula is C26H33FN6O4. The van der Waals surface area contributed by atoms with Gasteiger partial charge in [0.25, 0.3) is 0 Å². The van der Waals surface area contributed by atoms with Gasteiger partial charge in [0.05, 0.1) is 14.2 Å². The number of aromatic nitrogens is 4. The van der Waals surface area contributed by atoms with Crippen molar-refractivity contribution in [2.45, 2.75) is 46.3 Å². The highest BCUT2D eigenvalue weighted by atomic mass is 19.1. The van der Waals surface area contributed by atoms with Crippen molar-refractivity contribution in [1.29, 1.82) is 0 Å². The molecule has 1 unspecified atom stereocenters. The van der Waals surface area contributed by atoms with Crippen molar-refractivity contribution in [1.82, 2.24) is 30.4 Å². The fourth-order valence-corrected chi connectivity index (χ4v) is 3.61. The summed E-state index contributed by atoms with van der Waals surface area (Å²) in [6, 6.07) is 10.2. The van der Waals surface area contributed by atoms with E-state index in [4.69, 9.17) is 9.47 Å². The molecule has 0 aliphatic rings. The molecule has 1 atom stereocenters. The van der Waals surface area contributed by atoms with E-state index >= 15 is 0 Å². The molecule has 10 nitrogen and oxygen atoms in total. The van der Waals surface area contributed by atoms with Crippen molar-refractivity contribution in [3.8, 4) is 22.9 Å². The molecule has 1 aromatic heterocycles. The fraction of sp³-hybridized carbons (Fsp3) is 0.423. The average molecular weight is 513 g/mol. The number of nitrogens with one attached hydrogen (secondary N) is 1. The first-order chi connectivity index (χ1) is 17.7. The molecule has 0 bridgehead atoms. The summed E-state index contributed by atoms with van der Waals surface area (Å²) in [4.78, 5) is 28.8. The molecular weight excluding hydrogens is 479 g/mol. The number of ether oxygens (including phenoxy) is 2. The Balaban J connectivity index is 1.77. The van der Waals surface area contributed by atoms with Crippen molar-refractivity contribution in [2.75, 3.05) is 20.8 Å². The van der Waals surface area contributed by atoms with Gasteiger partial charge in [0, 0.05) is 18.7 Å². The van der Waals surface area contributed by atoms with Gasteiger partial charge in [0.15, 0.2) is 11.5 Å². The first-order valence-electron chi connectivity index (χ1n) is 12.0. The number of halogens is 1. The van der Waals surface area contributed by atoms with Crippen LogP contribution in [0.3, 0.4) is 0 Å². The van der Waals surface area contributed by atoms with Gasteiger partial charge in [0.2, 0.25) is 17.6 Å². The third-order valence-electron chi connectivity index (χ3n) is 5.83. The van der Waals surface area contributed by atoms with E-state index in [0.29, 0.717) is 40.9 Å². The van der Waals surface area contributed by atoms with Crippen molar-refractivity contribution in [3.63, 3.8) is 0 Å². The Labute approximate surface area is 215 Å². The lowest BCUT2D eigenvalue weighted by molar-refractivity contribution is -0.141. The number of hydrogen-bond acceptors (Lipinski definition) is 7. The number of tetrazole rings is 1. The highest BCUT2D eigenvalue weighted by molar-refractivity contribution is 5.87. The van der Waals surface area contributed by atoms with E-state index in [0.717, 1.165) is 6.42 Å². The summed E-state index contributed by atoms with van der Waals surface area (Å²) in [5.41, 5.74) is 1.33. The van der Waals surface area contributed by atoms with E-state index in [1.54, 1.807) is 44.4 Å². The monoisotopic (exact) mass is 512 g/mol. The van der Waals surface area contributed by atoms with Gasteiger partial charge in [-0.25, -0.2) is 4.39 Å². The average Bonchev–Trinajstić information content (AvgIpc) is 3.35. The van der Waals surface area contributed by atoms with Crippen LogP contribution in [-0.4, -0.2) is 63.7 Å². The zero-order chi connectivity index (χ0) is 26.9. The van der Waals surface area contributed by atoms with E-state index in [1.807, 2.05) is 0 Å². The lowest BCUT2D eigenvalue weighted by Crippen LogP contribution is -2.49. The van der Waals surface area contributed by atoms with Crippen molar-refractivity contribution in [2.24, 2.45) is 5.92 Å². The minimum Gasteiger partial charge on any atom is -0.493 e. The summed E-state index contributed by atoms with van der Waals surface area (Å²) in [6.45, 7) is 6.21. The highest BCUT2D eigenvalue weighted by Crippen LogP contribution is 2.30. The van der Waals surface area contributed by atoms with E-state index in [-0.39, 0.29) is 30.7 Å². The van der Waals surface area contributed by atoms with Crippen LogP contribution in [0.15, 0.2) is 42.5 Å². The highest BCUT2D eigenvalue weighted by Gasteiger charge is 2.27.